The number of hydrogen-bond acceptors (Lipinski definition) is 1. The quantitative estimate of drug-likeness (QED) is 0.639. The minimum Gasteiger partial charge on any atom is -0.326 e. The van der Waals surface area contributed by atoms with Crippen molar-refractivity contribution in [3.8, 4) is 0 Å². The molecular weight excluding hydrogens is 162 g/mol. The van der Waals surface area contributed by atoms with Gasteiger partial charge in [-0.1, -0.05) is 19.9 Å². The summed E-state index contributed by atoms with van der Waals surface area (Å²) in [7, 11) is 0. The number of H-pyrrole nitrogens is 1. The summed E-state index contributed by atoms with van der Waals surface area (Å²) in [5.74, 6) is 1.40. The van der Waals surface area contributed by atoms with E-state index in [-0.39, 0.29) is 5.56 Å². The van der Waals surface area contributed by atoms with Gasteiger partial charge in [0.05, 0.1) is 0 Å². The Kier molecular flexibility index (Phi) is 1.07. The fourth-order valence-corrected chi connectivity index (χ4v) is 2.91. The summed E-state index contributed by atoms with van der Waals surface area (Å²) < 4.78 is 0. The molecule has 68 valence electrons. The number of hydrogen-bond donors (Lipinski definition) is 1. The highest BCUT2D eigenvalue weighted by Gasteiger charge is 2.62. The van der Waals surface area contributed by atoms with E-state index in [4.69, 9.17) is 0 Å². The maximum absolute atomic E-state index is 11.1. The first-order valence-corrected chi connectivity index (χ1v) is 4.83. The molecule has 1 fully saturated rings. The van der Waals surface area contributed by atoms with Crippen LogP contribution in [-0.4, -0.2) is 4.98 Å². The smallest absolute Gasteiger partial charge is 0.248 e. The van der Waals surface area contributed by atoms with Crippen LogP contribution < -0.4 is 5.56 Å². The maximum atomic E-state index is 11.1. The second kappa shape index (κ2) is 1.89. The van der Waals surface area contributed by atoms with Crippen molar-refractivity contribution in [3.63, 3.8) is 0 Å². The monoisotopic (exact) mass is 175 g/mol. The van der Waals surface area contributed by atoms with Gasteiger partial charge in [0.15, 0.2) is 0 Å². The summed E-state index contributed by atoms with van der Waals surface area (Å²) in [4.78, 5) is 14.1. The van der Waals surface area contributed by atoms with Crippen LogP contribution in [0.15, 0.2) is 16.9 Å². The molecule has 0 amide bonds. The fourth-order valence-electron chi connectivity index (χ4n) is 2.91. The summed E-state index contributed by atoms with van der Waals surface area (Å²) in [5.41, 5.74) is 3.04. The fraction of sp³-hybridized carbons (Fsp3) is 0.545. The van der Waals surface area contributed by atoms with E-state index in [0.29, 0.717) is 11.3 Å². The van der Waals surface area contributed by atoms with Crippen LogP contribution in [-0.2, 0) is 6.42 Å². The molecule has 0 radical (unpaired) electrons. The van der Waals surface area contributed by atoms with Gasteiger partial charge in [-0.05, 0) is 23.3 Å². The third-order valence-corrected chi connectivity index (χ3v) is 3.84. The van der Waals surface area contributed by atoms with Gasteiger partial charge in [-0.25, -0.2) is 0 Å². The largest absolute Gasteiger partial charge is 0.326 e. The molecule has 3 rings (SSSR count). The zero-order valence-electron chi connectivity index (χ0n) is 7.92. The van der Waals surface area contributed by atoms with Gasteiger partial charge in [0.25, 0.3) is 0 Å². The number of pyridine rings is 1. The van der Waals surface area contributed by atoms with Crippen LogP contribution >= 0.6 is 0 Å². The van der Waals surface area contributed by atoms with Crippen molar-refractivity contribution in [2.24, 2.45) is 11.3 Å². The van der Waals surface area contributed by atoms with Crippen molar-refractivity contribution in [2.75, 3.05) is 0 Å². The van der Waals surface area contributed by atoms with Gasteiger partial charge in [0.1, 0.15) is 0 Å². The average molecular weight is 175 g/mol. The SMILES string of the molecule is CC1(C)C2Cc3ccc(=O)[nH]c3C21. The highest BCUT2D eigenvalue weighted by molar-refractivity contribution is 5.40. The Morgan fingerprint density at radius 3 is 3.00 bits per heavy atom. The molecule has 2 heteroatoms. The number of nitrogens with one attached hydrogen (secondary N) is 1. The molecule has 1 N–H and O–H groups in total. The van der Waals surface area contributed by atoms with Crippen LogP contribution in [0.4, 0.5) is 0 Å². The summed E-state index contributed by atoms with van der Waals surface area (Å²) in [5, 5.41) is 0. The Balaban J connectivity index is 2.16. The molecule has 1 aromatic heterocycles. The molecular formula is C11H13NO. The van der Waals surface area contributed by atoms with E-state index in [1.165, 1.54) is 11.3 Å². The molecule has 1 saturated carbocycles. The summed E-state index contributed by atoms with van der Waals surface area (Å²) in [6.45, 7) is 4.58. The van der Waals surface area contributed by atoms with Crippen LogP contribution in [0.2, 0.25) is 0 Å². The Bertz CT molecular complexity index is 430. The van der Waals surface area contributed by atoms with Gasteiger partial charge >= 0.3 is 0 Å². The van der Waals surface area contributed by atoms with Crippen molar-refractivity contribution < 1.29 is 0 Å². The van der Waals surface area contributed by atoms with Crippen LogP contribution in [0.5, 0.6) is 0 Å². The minimum atomic E-state index is 0.0436. The van der Waals surface area contributed by atoms with E-state index in [2.05, 4.69) is 18.8 Å². The second-order valence-corrected chi connectivity index (χ2v) is 4.87. The molecule has 2 nitrogen and oxygen atoms in total. The van der Waals surface area contributed by atoms with E-state index in [1.807, 2.05) is 6.07 Å². The second-order valence-electron chi connectivity index (χ2n) is 4.87. The van der Waals surface area contributed by atoms with Gasteiger partial charge in [-0.3, -0.25) is 4.79 Å². The lowest BCUT2D eigenvalue weighted by Crippen LogP contribution is -2.10. The lowest BCUT2D eigenvalue weighted by atomic mass is 9.98. The molecule has 0 saturated heterocycles. The Morgan fingerprint density at radius 2 is 2.23 bits per heavy atom. The van der Waals surface area contributed by atoms with Crippen LogP contribution in [0.25, 0.3) is 0 Å². The number of fused-ring (bicyclic) bond motifs is 3. The number of rotatable bonds is 0. The molecule has 0 aromatic carbocycles. The van der Waals surface area contributed by atoms with E-state index in [0.717, 1.165) is 12.3 Å². The van der Waals surface area contributed by atoms with Crippen LogP contribution in [0, 0.1) is 11.3 Å². The lowest BCUT2D eigenvalue weighted by molar-refractivity contribution is 0.537. The van der Waals surface area contributed by atoms with Crippen molar-refractivity contribution in [1.82, 2.24) is 4.98 Å². The van der Waals surface area contributed by atoms with Gasteiger partial charge in [0, 0.05) is 17.7 Å². The zero-order valence-corrected chi connectivity index (χ0v) is 7.92. The molecule has 1 heterocycles. The molecule has 2 aliphatic rings. The van der Waals surface area contributed by atoms with E-state index >= 15 is 0 Å². The molecule has 0 aliphatic heterocycles. The number of aromatic amines is 1. The zero-order chi connectivity index (χ0) is 9.22. The predicted molar refractivity (Wildman–Crippen MR) is 50.8 cm³/mol. The molecule has 0 spiro atoms. The molecule has 2 aliphatic carbocycles. The first-order chi connectivity index (χ1) is 6.10. The number of aromatic nitrogens is 1. The Morgan fingerprint density at radius 1 is 1.46 bits per heavy atom. The average Bonchev–Trinajstić information content (AvgIpc) is 2.44. The lowest BCUT2D eigenvalue weighted by Gasteiger charge is -2.09. The highest BCUT2D eigenvalue weighted by atomic mass is 16.1. The van der Waals surface area contributed by atoms with Crippen LogP contribution in [0.3, 0.4) is 0 Å². The normalized spacial score (nSPS) is 32.5. The van der Waals surface area contributed by atoms with Gasteiger partial charge in [0.2, 0.25) is 5.56 Å². The first-order valence-electron chi connectivity index (χ1n) is 4.83. The first kappa shape index (κ1) is 7.36. The summed E-state index contributed by atoms with van der Waals surface area (Å²) in [6.07, 6.45) is 1.16. The van der Waals surface area contributed by atoms with Crippen molar-refractivity contribution in [2.45, 2.75) is 26.2 Å². The Labute approximate surface area is 77.0 Å². The van der Waals surface area contributed by atoms with Crippen molar-refractivity contribution in [3.05, 3.63) is 33.7 Å². The highest BCUT2D eigenvalue weighted by Crippen LogP contribution is 2.69. The van der Waals surface area contributed by atoms with E-state index < -0.39 is 0 Å². The van der Waals surface area contributed by atoms with Crippen LogP contribution in [0.1, 0.15) is 31.0 Å². The Hall–Kier alpha value is -1.05. The van der Waals surface area contributed by atoms with Gasteiger partial charge in [-0.15, -0.1) is 0 Å². The van der Waals surface area contributed by atoms with Gasteiger partial charge in [-0.2, -0.15) is 0 Å². The molecule has 2 atom stereocenters. The van der Waals surface area contributed by atoms with Crippen molar-refractivity contribution in [1.29, 1.82) is 0 Å². The third kappa shape index (κ3) is 0.761. The molecule has 13 heavy (non-hydrogen) atoms. The topological polar surface area (TPSA) is 32.9 Å². The maximum Gasteiger partial charge on any atom is 0.248 e. The predicted octanol–water partition coefficient (Wildman–Crippen LogP) is 1.67. The summed E-state index contributed by atoms with van der Waals surface area (Å²) >= 11 is 0. The molecule has 1 aromatic rings. The van der Waals surface area contributed by atoms with E-state index in [9.17, 15) is 4.79 Å². The molecule has 0 bridgehead atoms. The van der Waals surface area contributed by atoms with E-state index in [1.54, 1.807) is 6.07 Å². The summed E-state index contributed by atoms with van der Waals surface area (Å²) in [6, 6.07) is 3.62. The van der Waals surface area contributed by atoms with Gasteiger partial charge < -0.3 is 4.98 Å². The minimum absolute atomic E-state index is 0.0436. The van der Waals surface area contributed by atoms with Crippen molar-refractivity contribution >= 4 is 0 Å². The third-order valence-electron chi connectivity index (χ3n) is 3.84. The molecule has 2 unspecified atom stereocenters. The standard InChI is InChI=1S/C11H13NO/c1-11(2)7-5-6-3-4-8(13)12-10(6)9(7)11/h3-4,7,9H,5H2,1-2H3,(H,12,13).